The maximum atomic E-state index is 12.4. The number of hydrogen-bond acceptors (Lipinski definition) is 3. The molecule has 0 unspecified atom stereocenters. The van der Waals surface area contributed by atoms with Crippen LogP contribution in [-0.2, 0) is 10.2 Å². The summed E-state index contributed by atoms with van der Waals surface area (Å²) in [7, 11) is 1.78. The van der Waals surface area contributed by atoms with Gasteiger partial charge in [-0.05, 0) is 24.5 Å². The average molecular weight is 248 g/mol. The first kappa shape index (κ1) is 12.2. The lowest BCUT2D eigenvalue weighted by molar-refractivity contribution is -0.123. The number of thiocarbonyl (C=S) groups is 1. The molecule has 0 amide bonds. The van der Waals surface area contributed by atoms with Gasteiger partial charge in [-0.3, -0.25) is 9.78 Å². The average Bonchev–Trinajstić information content (AvgIpc) is 2.39. The molecule has 1 aliphatic carbocycles. The zero-order valence-corrected chi connectivity index (χ0v) is 10.7. The second-order valence-electron chi connectivity index (χ2n) is 4.36. The molecular weight excluding hydrogens is 232 g/mol. The third kappa shape index (κ3) is 1.97. The molecule has 1 heterocycles. The first-order chi connectivity index (χ1) is 8.21. The summed E-state index contributed by atoms with van der Waals surface area (Å²) in [5, 5.41) is 2.99. The van der Waals surface area contributed by atoms with Crippen LogP contribution >= 0.6 is 12.2 Å². The van der Waals surface area contributed by atoms with Crippen molar-refractivity contribution in [3.8, 4) is 0 Å². The summed E-state index contributed by atoms with van der Waals surface area (Å²) in [4.78, 5) is 17.1. The van der Waals surface area contributed by atoms with Gasteiger partial charge < -0.3 is 5.32 Å². The van der Waals surface area contributed by atoms with E-state index >= 15 is 0 Å². The molecule has 0 spiro atoms. The molecule has 1 atom stereocenters. The minimum Gasteiger partial charge on any atom is -0.382 e. The second kappa shape index (κ2) is 4.92. The summed E-state index contributed by atoms with van der Waals surface area (Å²) >= 11 is 5.39. The molecule has 3 nitrogen and oxygen atoms in total. The van der Waals surface area contributed by atoms with Crippen LogP contribution in [0.3, 0.4) is 0 Å². The lowest BCUT2D eigenvalue weighted by Gasteiger charge is -2.36. The van der Waals surface area contributed by atoms with Crippen LogP contribution in [0.4, 0.5) is 0 Å². The third-order valence-corrected chi connectivity index (χ3v) is 4.00. The molecule has 90 valence electrons. The normalized spacial score (nSPS) is 24.4. The van der Waals surface area contributed by atoms with E-state index in [1.165, 1.54) is 0 Å². The van der Waals surface area contributed by atoms with E-state index < -0.39 is 5.41 Å². The van der Waals surface area contributed by atoms with Gasteiger partial charge in [0.2, 0.25) is 0 Å². The molecule has 2 rings (SSSR count). The van der Waals surface area contributed by atoms with Gasteiger partial charge in [0.05, 0.1) is 4.99 Å². The number of carbonyl (C=O) groups excluding carboxylic acids is 1. The molecule has 1 aromatic heterocycles. The Hall–Kier alpha value is -1.29. The van der Waals surface area contributed by atoms with Gasteiger partial charge >= 0.3 is 0 Å². The number of aromatic nitrogens is 1. The minimum atomic E-state index is -0.642. The molecule has 0 aliphatic heterocycles. The predicted octanol–water partition coefficient (Wildman–Crippen LogP) is 2.01. The molecule has 0 radical (unpaired) electrons. The Labute approximate surface area is 107 Å². The van der Waals surface area contributed by atoms with Crippen molar-refractivity contribution in [2.45, 2.75) is 31.1 Å². The van der Waals surface area contributed by atoms with Gasteiger partial charge in [-0.15, -0.1) is 0 Å². The maximum Gasteiger partial charge on any atom is 0.150 e. The van der Waals surface area contributed by atoms with Crippen molar-refractivity contribution in [1.29, 1.82) is 0 Å². The van der Waals surface area contributed by atoms with E-state index in [9.17, 15) is 4.79 Å². The first-order valence-electron chi connectivity index (χ1n) is 5.88. The number of carbonyl (C=O) groups is 1. The Morgan fingerprint density at radius 3 is 2.94 bits per heavy atom. The molecule has 1 aromatic rings. The van der Waals surface area contributed by atoms with E-state index in [4.69, 9.17) is 12.2 Å². The van der Waals surface area contributed by atoms with Crippen molar-refractivity contribution in [3.63, 3.8) is 0 Å². The fraction of sp³-hybridized carbons (Fsp3) is 0.462. The molecule has 0 bridgehead atoms. The van der Waals surface area contributed by atoms with Crippen LogP contribution in [0.2, 0.25) is 0 Å². The largest absolute Gasteiger partial charge is 0.382 e. The van der Waals surface area contributed by atoms with Crippen molar-refractivity contribution in [1.82, 2.24) is 10.3 Å². The second-order valence-corrected chi connectivity index (χ2v) is 4.76. The van der Waals surface area contributed by atoms with Gasteiger partial charge in [0.1, 0.15) is 11.2 Å². The van der Waals surface area contributed by atoms with Gasteiger partial charge in [0, 0.05) is 25.9 Å². The van der Waals surface area contributed by atoms with Crippen molar-refractivity contribution < 1.29 is 4.79 Å². The summed E-state index contributed by atoms with van der Waals surface area (Å²) < 4.78 is 0. The summed E-state index contributed by atoms with van der Waals surface area (Å²) in [6.45, 7) is 0. The smallest absolute Gasteiger partial charge is 0.150 e. The van der Waals surface area contributed by atoms with Crippen LogP contribution in [0.15, 0.2) is 24.5 Å². The monoisotopic (exact) mass is 248 g/mol. The van der Waals surface area contributed by atoms with E-state index in [0.29, 0.717) is 11.4 Å². The molecule has 1 fully saturated rings. The quantitative estimate of drug-likeness (QED) is 0.813. The van der Waals surface area contributed by atoms with Gasteiger partial charge in [0.15, 0.2) is 0 Å². The topological polar surface area (TPSA) is 42.0 Å². The number of likely N-dealkylation sites (N-methyl/N-ethyl adjacent to an activating group) is 1. The van der Waals surface area contributed by atoms with Crippen LogP contribution in [0, 0.1) is 0 Å². The van der Waals surface area contributed by atoms with E-state index in [2.05, 4.69) is 10.3 Å². The first-order valence-corrected chi connectivity index (χ1v) is 6.28. The molecule has 1 aliphatic rings. The lowest BCUT2D eigenvalue weighted by atomic mass is 9.68. The third-order valence-electron chi connectivity index (χ3n) is 3.45. The molecular formula is C13H16N2OS. The van der Waals surface area contributed by atoms with Gasteiger partial charge in [-0.2, -0.15) is 0 Å². The molecule has 1 N–H and O–H groups in total. The van der Waals surface area contributed by atoms with Crippen LogP contribution < -0.4 is 5.32 Å². The molecule has 0 aromatic carbocycles. The fourth-order valence-corrected chi connectivity index (χ4v) is 2.87. The Morgan fingerprint density at radius 2 is 2.35 bits per heavy atom. The van der Waals surface area contributed by atoms with Crippen LogP contribution in [0.1, 0.15) is 31.2 Å². The van der Waals surface area contributed by atoms with Crippen molar-refractivity contribution in [2.75, 3.05) is 7.05 Å². The van der Waals surface area contributed by atoms with Crippen molar-refractivity contribution >= 4 is 23.0 Å². The molecule has 0 saturated heterocycles. The Balaban J connectivity index is 2.50. The summed E-state index contributed by atoms with van der Waals surface area (Å²) in [6, 6.07) is 3.80. The zero-order chi connectivity index (χ0) is 12.3. The van der Waals surface area contributed by atoms with Crippen molar-refractivity contribution in [3.05, 3.63) is 30.1 Å². The van der Waals surface area contributed by atoms with Crippen LogP contribution in [-0.4, -0.2) is 22.8 Å². The van der Waals surface area contributed by atoms with E-state index in [1.54, 1.807) is 19.4 Å². The highest BCUT2D eigenvalue weighted by atomic mass is 32.1. The van der Waals surface area contributed by atoms with Gasteiger partial charge in [0.25, 0.3) is 0 Å². The molecule has 1 saturated carbocycles. The standard InChI is InChI=1S/C13H16N2OS/c1-14-12(17)13(7-3-2-6-11(13)16)10-5-4-8-15-9-10/h4-5,8-9H,2-3,6-7H2,1H3,(H,14,17)/t13-/m0/s1. The Kier molecular flexibility index (Phi) is 3.52. The number of hydrogen-bond donors (Lipinski definition) is 1. The number of pyridine rings is 1. The molecule has 17 heavy (non-hydrogen) atoms. The highest BCUT2D eigenvalue weighted by molar-refractivity contribution is 7.80. The predicted molar refractivity (Wildman–Crippen MR) is 71.0 cm³/mol. The number of nitrogens with one attached hydrogen (secondary N) is 1. The number of nitrogens with zero attached hydrogens (tertiary/aromatic N) is 1. The summed E-state index contributed by atoms with van der Waals surface area (Å²) in [6.07, 6.45) is 6.86. The van der Waals surface area contributed by atoms with E-state index in [1.807, 2.05) is 12.1 Å². The highest BCUT2D eigenvalue weighted by Crippen LogP contribution is 2.37. The van der Waals surface area contributed by atoms with Gasteiger partial charge in [-0.25, -0.2) is 0 Å². The maximum absolute atomic E-state index is 12.4. The molecule has 4 heteroatoms. The number of rotatable bonds is 2. The van der Waals surface area contributed by atoms with E-state index in [-0.39, 0.29) is 5.78 Å². The fourth-order valence-electron chi connectivity index (χ4n) is 2.53. The highest BCUT2D eigenvalue weighted by Gasteiger charge is 2.44. The Bertz CT molecular complexity index is 422. The SMILES string of the molecule is CNC(=S)[C@]1(c2cccnc2)CCCCC1=O. The van der Waals surface area contributed by atoms with Gasteiger partial charge in [-0.1, -0.05) is 24.7 Å². The summed E-state index contributed by atoms with van der Waals surface area (Å²) in [5.41, 5.74) is 0.278. The van der Waals surface area contributed by atoms with Crippen molar-refractivity contribution in [2.24, 2.45) is 0 Å². The van der Waals surface area contributed by atoms with E-state index in [0.717, 1.165) is 24.8 Å². The van der Waals surface area contributed by atoms with Crippen LogP contribution in [0.25, 0.3) is 0 Å². The lowest BCUT2D eigenvalue weighted by Crippen LogP contribution is -2.49. The Morgan fingerprint density at radius 1 is 1.53 bits per heavy atom. The number of Topliss-reactive ketones (excluding diaryl/α,β-unsaturated/α-hetero) is 1. The summed E-state index contributed by atoms with van der Waals surface area (Å²) in [5.74, 6) is 0.219. The minimum absolute atomic E-state index is 0.219. The zero-order valence-electron chi connectivity index (χ0n) is 9.90. The number of ketones is 1. The van der Waals surface area contributed by atoms with Crippen LogP contribution in [0.5, 0.6) is 0 Å².